The number of hydrazone groups is 1. The van der Waals surface area contributed by atoms with Gasteiger partial charge in [0, 0.05) is 39.8 Å². The van der Waals surface area contributed by atoms with Crippen molar-refractivity contribution in [1.29, 1.82) is 0 Å². The molecule has 3 aromatic carbocycles. The highest BCUT2D eigenvalue weighted by atomic mass is 35.5. The Bertz CT molecular complexity index is 1410. The van der Waals surface area contributed by atoms with Gasteiger partial charge in [-0.05, 0) is 47.9 Å². The van der Waals surface area contributed by atoms with Crippen LogP contribution in [0.3, 0.4) is 0 Å². The van der Waals surface area contributed by atoms with Gasteiger partial charge in [-0.15, -0.1) is 0 Å². The van der Waals surface area contributed by atoms with E-state index in [1.807, 2.05) is 48.9 Å². The third-order valence-electron chi connectivity index (χ3n) is 5.79. The largest absolute Gasteiger partial charge is 0.342 e. The number of benzene rings is 3. The number of nitrogens with zero attached hydrogens (tertiary/aromatic N) is 2. The molecule has 0 aliphatic heterocycles. The second-order valence-electron chi connectivity index (χ2n) is 8.80. The quantitative estimate of drug-likeness (QED) is 0.249. The molecule has 0 fully saturated rings. The fraction of sp³-hybridized carbons (Fsp3) is 0.179. The standard InChI is InChI=1S/C28H26ClFN4O2/c1-18(2)26(32-27(35)20-6-5-7-22(29)14-20)28(36)33-31-15-21-17-34(25-9-4-3-8-24(21)25)16-19-10-12-23(30)13-11-19/h3-15,17-18,26H,16H2,1-2H3,(H,32,35)(H,33,36). The molecule has 184 valence electrons. The van der Waals surface area contributed by atoms with Crippen LogP contribution in [-0.4, -0.2) is 28.6 Å². The lowest BCUT2D eigenvalue weighted by Gasteiger charge is -2.20. The van der Waals surface area contributed by atoms with Gasteiger partial charge in [-0.25, -0.2) is 9.82 Å². The van der Waals surface area contributed by atoms with Gasteiger partial charge in [-0.1, -0.05) is 61.8 Å². The number of aromatic nitrogens is 1. The Labute approximate surface area is 213 Å². The smallest absolute Gasteiger partial charge is 0.262 e. The van der Waals surface area contributed by atoms with E-state index in [2.05, 4.69) is 15.8 Å². The van der Waals surface area contributed by atoms with Gasteiger partial charge >= 0.3 is 0 Å². The van der Waals surface area contributed by atoms with Crippen LogP contribution >= 0.6 is 11.6 Å². The van der Waals surface area contributed by atoms with Gasteiger partial charge in [0.2, 0.25) is 0 Å². The van der Waals surface area contributed by atoms with E-state index in [4.69, 9.17) is 11.6 Å². The number of para-hydroxylation sites is 1. The van der Waals surface area contributed by atoms with Gasteiger partial charge in [0.05, 0.1) is 6.21 Å². The molecule has 1 aromatic heterocycles. The first-order valence-corrected chi connectivity index (χ1v) is 11.9. The fourth-order valence-electron chi connectivity index (χ4n) is 3.92. The van der Waals surface area contributed by atoms with Crippen molar-refractivity contribution in [1.82, 2.24) is 15.3 Å². The molecule has 2 N–H and O–H groups in total. The third-order valence-corrected chi connectivity index (χ3v) is 6.02. The average molecular weight is 505 g/mol. The molecule has 0 saturated heterocycles. The van der Waals surface area contributed by atoms with Crippen LogP contribution in [0.25, 0.3) is 10.9 Å². The van der Waals surface area contributed by atoms with Gasteiger partial charge in [0.15, 0.2) is 0 Å². The van der Waals surface area contributed by atoms with Crippen molar-refractivity contribution in [3.63, 3.8) is 0 Å². The lowest BCUT2D eigenvalue weighted by atomic mass is 10.0. The SMILES string of the molecule is CC(C)C(NC(=O)c1cccc(Cl)c1)C(=O)NN=Cc1cn(Cc2ccc(F)cc2)c2ccccc12. The second kappa shape index (κ2) is 11.2. The average Bonchev–Trinajstić information content (AvgIpc) is 3.20. The van der Waals surface area contributed by atoms with E-state index in [-0.39, 0.29) is 17.6 Å². The first-order chi connectivity index (χ1) is 17.3. The molecule has 0 aliphatic carbocycles. The maximum atomic E-state index is 13.3. The molecule has 1 heterocycles. The van der Waals surface area contributed by atoms with E-state index in [9.17, 15) is 14.0 Å². The molecule has 1 atom stereocenters. The summed E-state index contributed by atoms with van der Waals surface area (Å²) in [6.45, 7) is 4.25. The minimum absolute atomic E-state index is 0.166. The third kappa shape index (κ3) is 5.98. The Kier molecular flexibility index (Phi) is 7.80. The molecule has 6 nitrogen and oxygen atoms in total. The summed E-state index contributed by atoms with van der Waals surface area (Å²) < 4.78 is 15.3. The number of carbonyl (C=O) groups is 2. The molecular formula is C28H26ClFN4O2. The molecule has 36 heavy (non-hydrogen) atoms. The van der Waals surface area contributed by atoms with Crippen molar-refractivity contribution in [3.05, 3.63) is 107 Å². The Morgan fingerprint density at radius 3 is 2.53 bits per heavy atom. The van der Waals surface area contributed by atoms with E-state index in [1.165, 1.54) is 12.1 Å². The number of amides is 2. The molecule has 2 amide bonds. The highest BCUT2D eigenvalue weighted by molar-refractivity contribution is 6.31. The highest BCUT2D eigenvalue weighted by Crippen LogP contribution is 2.21. The van der Waals surface area contributed by atoms with Crippen LogP contribution in [0.1, 0.15) is 35.3 Å². The maximum absolute atomic E-state index is 13.3. The fourth-order valence-corrected chi connectivity index (χ4v) is 4.11. The molecule has 1 unspecified atom stereocenters. The zero-order valence-corrected chi connectivity index (χ0v) is 20.7. The summed E-state index contributed by atoms with van der Waals surface area (Å²) >= 11 is 5.98. The molecule has 0 radical (unpaired) electrons. The van der Waals surface area contributed by atoms with E-state index in [0.717, 1.165) is 22.0 Å². The van der Waals surface area contributed by atoms with Crippen LogP contribution in [0.2, 0.25) is 5.02 Å². The van der Waals surface area contributed by atoms with Crippen molar-refractivity contribution >= 4 is 40.5 Å². The van der Waals surface area contributed by atoms with Crippen LogP contribution in [-0.2, 0) is 11.3 Å². The molecule has 4 rings (SSSR count). The van der Waals surface area contributed by atoms with Crippen LogP contribution in [0, 0.1) is 11.7 Å². The Morgan fingerprint density at radius 2 is 1.81 bits per heavy atom. The number of nitrogens with one attached hydrogen (secondary N) is 2. The minimum Gasteiger partial charge on any atom is -0.342 e. The van der Waals surface area contributed by atoms with Gasteiger partial charge in [-0.3, -0.25) is 9.59 Å². The summed E-state index contributed by atoms with van der Waals surface area (Å²) in [5.41, 5.74) is 5.69. The monoisotopic (exact) mass is 504 g/mol. The Morgan fingerprint density at radius 1 is 1.06 bits per heavy atom. The molecule has 0 spiro atoms. The molecule has 0 aliphatic rings. The summed E-state index contributed by atoms with van der Waals surface area (Å²) in [5, 5.41) is 8.33. The zero-order valence-electron chi connectivity index (χ0n) is 19.9. The predicted octanol–water partition coefficient (Wildman–Crippen LogP) is 5.39. The topological polar surface area (TPSA) is 75.5 Å². The maximum Gasteiger partial charge on any atom is 0.262 e. The predicted molar refractivity (Wildman–Crippen MR) is 141 cm³/mol. The van der Waals surface area contributed by atoms with Crippen LogP contribution in [0.4, 0.5) is 4.39 Å². The number of hydrogen-bond acceptors (Lipinski definition) is 3. The molecule has 8 heteroatoms. The van der Waals surface area contributed by atoms with Crippen molar-refractivity contribution in [2.24, 2.45) is 11.0 Å². The Balaban J connectivity index is 1.48. The van der Waals surface area contributed by atoms with E-state index in [0.29, 0.717) is 17.1 Å². The lowest BCUT2D eigenvalue weighted by Crippen LogP contribution is -2.48. The second-order valence-corrected chi connectivity index (χ2v) is 9.23. The number of carbonyl (C=O) groups excluding carboxylic acids is 2. The van der Waals surface area contributed by atoms with Crippen LogP contribution < -0.4 is 10.7 Å². The molecule has 0 saturated carbocycles. The van der Waals surface area contributed by atoms with E-state index >= 15 is 0 Å². The number of halogens is 2. The van der Waals surface area contributed by atoms with E-state index in [1.54, 1.807) is 42.6 Å². The van der Waals surface area contributed by atoms with Crippen molar-refractivity contribution in [3.8, 4) is 0 Å². The Hall–Kier alpha value is -3.97. The van der Waals surface area contributed by atoms with Gasteiger partial charge in [0.1, 0.15) is 11.9 Å². The van der Waals surface area contributed by atoms with Gasteiger partial charge in [-0.2, -0.15) is 5.10 Å². The lowest BCUT2D eigenvalue weighted by molar-refractivity contribution is -0.123. The van der Waals surface area contributed by atoms with Gasteiger partial charge in [0.25, 0.3) is 11.8 Å². The summed E-state index contributed by atoms with van der Waals surface area (Å²) in [5.74, 6) is -1.25. The van der Waals surface area contributed by atoms with Gasteiger partial charge < -0.3 is 9.88 Å². The summed E-state index contributed by atoms with van der Waals surface area (Å²) in [6, 6.07) is 20.0. The van der Waals surface area contributed by atoms with Crippen molar-refractivity contribution in [2.75, 3.05) is 0 Å². The molecule has 0 bridgehead atoms. The number of hydrogen-bond donors (Lipinski definition) is 2. The normalized spacial score (nSPS) is 12.2. The van der Waals surface area contributed by atoms with Crippen LogP contribution in [0.15, 0.2) is 84.1 Å². The molecular weight excluding hydrogens is 479 g/mol. The number of fused-ring (bicyclic) bond motifs is 1. The van der Waals surface area contributed by atoms with E-state index < -0.39 is 11.9 Å². The summed E-state index contributed by atoms with van der Waals surface area (Å²) in [7, 11) is 0. The van der Waals surface area contributed by atoms with Crippen molar-refractivity contribution in [2.45, 2.75) is 26.4 Å². The zero-order chi connectivity index (χ0) is 25.7. The first kappa shape index (κ1) is 25.1. The summed E-state index contributed by atoms with van der Waals surface area (Å²) in [6.07, 6.45) is 3.52. The first-order valence-electron chi connectivity index (χ1n) is 11.5. The van der Waals surface area contributed by atoms with Crippen LogP contribution in [0.5, 0.6) is 0 Å². The summed E-state index contributed by atoms with van der Waals surface area (Å²) in [4.78, 5) is 25.5. The molecule has 4 aromatic rings. The van der Waals surface area contributed by atoms with Crippen molar-refractivity contribution < 1.29 is 14.0 Å². The number of rotatable bonds is 8. The highest BCUT2D eigenvalue weighted by Gasteiger charge is 2.24. The minimum atomic E-state index is -0.784.